The Morgan fingerprint density at radius 2 is 1.67 bits per heavy atom. The van der Waals surface area contributed by atoms with Gasteiger partial charge in [0.15, 0.2) is 0 Å². The molecule has 0 unspecified atom stereocenters. The number of phenols is 1. The van der Waals surface area contributed by atoms with Crippen molar-refractivity contribution < 1.29 is 13.9 Å². The first kappa shape index (κ1) is 13.3. The summed E-state index contributed by atoms with van der Waals surface area (Å²) in [5, 5.41) is 9.18. The topological polar surface area (TPSA) is 46.2 Å². The molecule has 0 bridgehead atoms. The SMILES string of the molecule is NCC1(C(F)(F)c2ccc(O)cc2)CCCCC1. The average molecular weight is 255 g/mol. The second kappa shape index (κ2) is 4.84. The highest BCUT2D eigenvalue weighted by Crippen LogP contribution is 2.52. The Bertz CT molecular complexity index is 397. The first-order valence-corrected chi connectivity index (χ1v) is 6.39. The van der Waals surface area contributed by atoms with Crippen molar-refractivity contribution in [3.8, 4) is 5.75 Å². The minimum atomic E-state index is -2.93. The van der Waals surface area contributed by atoms with Crippen LogP contribution in [0.1, 0.15) is 37.7 Å². The van der Waals surface area contributed by atoms with Crippen LogP contribution in [0.15, 0.2) is 24.3 Å². The Kier molecular flexibility index (Phi) is 3.57. The van der Waals surface area contributed by atoms with Gasteiger partial charge in [-0.1, -0.05) is 19.3 Å². The second-order valence-electron chi connectivity index (χ2n) is 5.17. The normalized spacial score (nSPS) is 19.7. The molecule has 1 fully saturated rings. The first-order chi connectivity index (χ1) is 8.52. The van der Waals surface area contributed by atoms with E-state index >= 15 is 0 Å². The lowest BCUT2D eigenvalue weighted by Crippen LogP contribution is -2.46. The predicted molar refractivity (Wildman–Crippen MR) is 66.6 cm³/mol. The molecule has 4 heteroatoms. The van der Waals surface area contributed by atoms with Gasteiger partial charge in [0.25, 0.3) is 5.92 Å². The fourth-order valence-corrected chi connectivity index (χ4v) is 2.85. The molecule has 0 radical (unpaired) electrons. The minimum Gasteiger partial charge on any atom is -0.508 e. The summed E-state index contributed by atoms with van der Waals surface area (Å²) in [5.74, 6) is -2.93. The van der Waals surface area contributed by atoms with Crippen LogP contribution in [0.5, 0.6) is 5.75 Å². The molecule has 3 N–H and O–H groups in total. The van der Waals surface area contributed by atoms with E-state index in [9.17, 15) is 13.9 Å². The Hall–Kier alpha value is -1.16. The van der Waals surface area contributed by atoms with Gasteiger partial charge in [0, 0.05) is 12.1 Å². The fourth-order valence-electron chi connectivity index (χ4n) is 2.85. The summed E-state index contributed by atoms with van der Waals surface area (Å²) in [4.78, 5) is 0. The van der Waals surface area contributed by atoms with Crippen molar-refractivity contribution in [1.82, 2.24) is 0 Å². The zero-order valence-electron chi connectivity index (χ0n) is 10.3. The van der Waals surface area contributed by atoms with Gasteiger partial charge in [-0.2, -0.15) is 0 Å². The third kappa shape index (κ3) is 2.09. The van der Waals surface area contributed by atoms with Gasteiger partial charge in [-0.3, -0.25) is 0 Å². The smallest absolute Gasteiger partial charge is 0.279 e. The maximum absolute atomic E-state index is 14.7. The van der Waals surface area contributed by atoms with Crippen molar-refractivity contribution in [1.29, 1.82) is 0 Å². The van der Waals surface area contributed by atoms with Crippen LogP contribution in [-0.2, 0) is 5.92 Å². The summed E-state index contributed by atoms with van der Waals surface area (Å²) < 4.78 is 29.3. The molecule has 1 aliphatic carbocycles. The Morgan fingerprint density at radius 3 is 2.17 bits per heavy atom. The number of hydrogen-bond acceptors (Lipinski definition) is 2. The molecule has 0 aromatic heterocycles. The van der Waals surface area contributed by atoms with Crippen LogP contribution in [0.2, 0.25) is 0 Å². The van der Waals surface area contributed by atoms with E-state index in [1.807, 2.05) is 0 Å². The Balaban J connectivity index is 2.35. The van der Waals surface area contributed by atoms with Crippen molar-refractivity contribution in [2.75, 3.05) is 6.54 Å². The molecule has 0 atom stereocenters. The maximum atomic E-state index is 14.7. The molecular formula is C14H19F2NO. The highest BCUT2D eigenvalue weighted by atomic mass is 19.3. The van der Waals surface area contributed by atoms with Gasteiger partial charge < -0.3 is 10.8 Å². The molecule has 0 aliphatic heterocycles. The van der Waals surface area contributed by atoms with Crippen molar-refractivity contribution in [2.24, 2.45) is 11.1 Å². The average Bonchev–Trinajstić information content (AvgIpc) is 2.40. The molecule has 2 nitrogen and oxygen atoms in total. The molecule has 18 heavy (non-hydrogen) atoms. The van der Waals surface area contributed by atoms with Crippen molar-refractivity contribution in [2.45, 2.75) is 38.0 Å². The molecule has 0 saturated heterocycles. The number of benzene rings is 1. The summed E-state index contributed by atoms with van der Waals surface area (Å²) in [6.07, 6.45) is 3.57. The summed E-state index contributed by atoms with van der Waals surface area (Å²) >= 11 is 0. The van der Waals surface area contributed by atoms with Gasteiger partial charge in [0.2, 0.25) is 0 Å². The minimum absolute atomic E-state index is 0.00000682. The van der Waals surface area contributed by atoms with Gasteiger partial charge in [-0.15, -0.1) is 0 Å². The number of hydrogen-bond donors (Lipinski definition) is 2. The van der Waals surface area contributed by atoms with Gasteiger partial charge in [-0.05, 0) is 37.1 Å². The number of rotatable bonds is 3. The molecule has 1 aromatic rings. The van der Waals surface area contributed by atoms with Crippen LogP contribution in [0.3, 0.4) is 0 Å². The quantitative estimate of drug-likeness (QED) is 0.869. The van der Waals surface area contributed by atoms with E-state index in [4.69, 9.17) is 5.73 Å². The molecule has 0 amide bonds. The number of phenolic OH excluding ortho intramolecular Hbond substituents is 1. The van der Waals surface area contributed by atoms with E-state index in [0.717, 1.165) is 19.3 Å². The highest BCUT2D eigenvalue weighted by Gasteiger charge is 2.53. The summed E-state index contributed by atoms with van der Waals surface area (Å²) in [6, 6.07) is 5.19. The van der Waals surface area contributed by atoms with Crippen LogP contribution < -0.4 is 5.73 Å². The summed E-state index contributed by atoms with van der Waals surface area (Å²) in [6.45, 7) is 0.000869. The Morgan fingerprint density at radius 1 is 1.11 bits per heavy atom. The third-order valence-electron chi connectivity index (χ3n) is 4.10. The molecule has 1 aliphatic rings. The lowest BCUT2D eigenvalue weighted by Gasteiger charge is -2.42. The predicted octanol–water partition coefficient (Wildman–Crippen LogP) is 3.39. The lowest BCUT2D eigenvalue weighted by molar-refractivity contribution is -0.142. The number of alkyl halides is 2. The van der Waals surface area contributed by atoms with Crippen molar-refractivity contribution in [3.05, 3.63) is 29.8 Å². The third-order valence-corrected chi connectivity index (χ3v) is 4.10. The number of aromatic hydroxyl groups is 1. The number of halogens is 2. The summed E-state index contributed by atoms with van der Waals surface area (Å²) in [7, 11) is 0. The van der Waals surface area contributed by atoms with Crippen LogP contribution in [0.4, 0.5) is 8.78 Å². The summed E-state index contributed by atoms with van der Waals surface area (Å²) in [5.41, 5.74) is 4.49. The van der Waals surface area contributed by atoms with Gasteiger partial charge in [0.05, 0.1) is 5.41 Å². The van der Waals surface area contributed by atoms with Crippen LogP contribution >= 0.6 is 0 Å². The van der Waals surface area contributed by atoms with Crippen LogP contribution in [0, 0.1) is 5.41 Å². The number of nitrogens with two attached hydrogens (primary N) is 1. The van der Waals surface area contributed by atoms with E-state index in [-0.39, 0.29) is 17.9 Å². The largest absolute Gasteiger partial charge is 0.508 e. The molecule has 2 rings (SSSR count). The van der Waals surface area contributed by atoms with E-state index in [1.54, 1.807) is 0 Å². The van der Waals surface area contributed by atoms with Crippen molar-refractivity contribution >= 4 is 0 Å². The molecule has 100 valence electrons. The molecule has 1 saturated carbocycles. The molecular weight excluding hydrogens is 236 g/mol. The van der Waals surface area contributed by atoms with Gasteiger partial charge in [-0.25, -0.2) is 8.78 Å². The van der Waals surface area contributed by atoms with Crippen LogP contribution in [0.25, 0.3) is 0 Å². The zero-order chi connectivity index (χ0) is 13.2. The molecule has 1 aromatic carbocycles. The van der Waals surface area contributed by atoms with E-state index in [1.165, 1.54) is 24.3 Å². The van der Waals surface area contributed by atoms with Crippen molar-refractivity contribution in [3.63, 3.8) is 0 Å². The molecule has 0 heterocycles. The maximum Gasteiger partial charge on any atom is 0.279 e. The van der Waals surface area contributed by atoms with E-state index in [2.05, 4.69) is 0 Å². The van der Waals surface area contributed by atoms with E-state index in [0.29, 0.717) is 12.8 Å². The second-order valence-corrected chi connectivity index (χ2v) is 5.17. The monoisotopic (exact) mass is 255 g/mol. The highest BCUT2D eigenvalue weighted by molar-refractivity contribution is 5.30. The fraction of sp³-hybridized carbons (Fsp3) is 0.571. The first-order valence-electron chi connectivity index (χ1n) is 6.39. The van der Waals surface area contributed by atoms with Crippen LogP contribution in [-0.4, -0.2) is 11.7 Å². The standard InChI is InChI=1S/C14H19F2NO/c15-14(16,11-4-6-12(18)7-5-11)13(10-17)8-2-1-3-9-13/h4-7,18H,1-3,8-10,17H2. The Labute approximate surface area is 106 Å². The lowest BCUT2D eigenvalue weighted by atomic mass is 9.68. The van der Waals surface area contributed by atoms with Gasteiger partial charge in [0.1, 0.15) is 5.75 Å². The van der Waals surface area contributed by atoms with Gasteiger partial charge >= 0.3 is 0 Å². The molecule has 0 spiro atoms. The van der Waals surface area contributed by atoms with E-state index < -0.39 is 11.3 Å². The zero-order valence-corrected chi connectivity index (χ0v) is 10.3.